The minimum atomic E-state index is -1.74. The molecule has 0 fully saturated rings. The predicted octanol–water partition coefficient (Wildman–Crippen LogP) is -0.0219. The van der Waals surface area contributed by atoms with E-state index in [4.69, 9.17) is 28.3 Å². The number of fused-ring (bicyclic) bond motifs is 1. The Morgan fingerprint density at radius 1 is 1.05 bits per heavy atom. The average molecular weight is 337 g/mol. The SMILES string of the molecule is OC[C@@H](O)[C@H](O)[C@H](O)[C@@H](O)c1nc2cc(Cl)c(Cl)cc2[nH]1. The Morgan fingerprint density at radius 2 is 1.67 bits per heavy atom. The molecule has 2 rings (SSSR count). The van der Waals surface area contributed by atoms with Crippen LogP contribution < -0.4 is 0 Å². The zero-order valence-corrected chi connectivity index (χ0v) is 12.1. The first-order valence-corrected chi connectivity index (χ1v) is 6.78. The second-order valence-electron chi connectivity index (χ2n) is 4.58. The highest BCUT2D eigenvalue weighted by molar-refractivity contribution is 6.42. The number of hydrogen-bond donors (Lipinski definition) is 6. The summed E-state index contributed by atoms with van der Waals surface area (Å²) in [5, 5.41) is 47.9. The van der Waals surface area contributed by atoms with E-state index in [0.717, 1.165) is 0 Å². The fourth-order valence-corrected chi connectivity index (χ4v) is 2.17. The lowest BCUT2D eigenvalue weighted by atomic mass is 10.0. The van der Waals surface area contributed by atoms with Gasteiger partial charge in [0.1, 0.15) is 30.2 Å². The number of aliphatic hydroxyl groups is 5. The Morgan fingerprint density at radius 3 is 2.29 bits per heavy atom. The number of aromatic amines is 1. The van der Waals surface area contributed by atoms with Crippen molar-refractivity contribution in [1.82, 2.24) is 9.97 Å². The number of imidazole rings is 1. The molecule has 6 N–H and O–H groups in total. The van der Waals surface area contributed by atoms with Crippen LogP contribution in [0.2, 0.25) is 10.0 Å². The number of benzene rings is 1. The molecule has 2 aromatic rings. The van der Waals surface area contributed by atoms with Crippen LogP contribution in [-0.2, 0) is 0 Å². The van der Waals surface area contributed by atoms with Crippen molar-refractivity contribution in [3.63, 3.8) is 0 Å². The molecule has 0 saturated heterocycles. The number of halogens is 2. The average Bonchev–Trinajstić information content (AvgIpc) is 2.87. The molecule has 0 aliphatic heterocycles. The molecule has 0 aliphatic rings. The molecular formula is C12H14Cl2N2O5. The third kappa shape index (κ3) is 3.29. The smallest absolute Gasteiger partial charge is 0.140 e. The highest BCUT2D eigenvalue weighted by Crippen LogP contribution is 2.28. The molecule has 7 nitrogen and oxygen atoms in total. The van der Waals surface area contributed by atoms with Gasteiger partial charge in [0.05, 0.1) is 27.7 Å². The fraction of sp³-hybridized carbons (Fsp3) is 0.417. The number of hydrogen-bond acceptors (Lipinski definition) is 6. The third-order valence-electron chi connectivity index (χ3n) is 3.08. The summed E-state index contributed by atoms with van der Waals surface area (Å²) < 4.78 is 0. The van der Waals surface area contributed by atoms with Gasteiger partial charge in [0.2, 0.25) is 0 Å². The second kappa shape index (κ2) is 6.45. The van der Waals surface area contributed by atoms with E-state index >= 15 is 0 Å². The minimum Gasteiger partial charge on any atom is -0.394 e. The molecule has 0 radical (unpaired) electrons. The van der Waals surface area contributed by atoms with Gasteiger partial charge < -0.3 is 30.5 Å². The molecule has 0 aliphatic carbocycles. The maximum Gasteiger partial charge on any atom is 0.140 e. The standard InChI is InChI=1S/C12H14Cl2N2O5/c13-4-1-6-7(2-5(4)14)16-12(15-6)11(21)10(20)9(19)8(18)3-17/h1-2,8-11,17-21H,3H2,(H,15,16)/t8-,9+,10+,11-/m1/s1. The monoisotopic (exact) mass is 336 g/mol. The Kier molecular flexibility index (Phi) is 5.05. The quantitative estimate of drug-likeness (QED) is 0.455. The van der Waals surface area contributed by atoms with Gasteiger partial charge in [-0.1, -0.05) is 23.2 Å². The van der Waals surface area contributed by atoms with Crippen molar-refractivity contribution in [2.45, 2.75) is 24.4 Å². The van der Waals surface area contributed by atoms with Crippen LogP contribution in [0.25, 0.3) is 11.0 Å². The maximum atomic E-state index is 9.98. The van der Waals surface area contributed by atoms with Crippen LogP contribution in [0.1, 0.15) is 11.9 Å². The van der Waals surface area contributed by atoms with Crippen molar-refractivity contribution >= 4 is 34.2 Å². The van der Waals surface area contributed by atoms with Crippen LogP contribution in [0.5, 0.6) is 0 Å². The first kappa shape index (κ1) is 16.4. The first-order valence-electron chi connectivity index (χ1n) is 6.03. The summed E-state index contributed by atoms with van der Waals surface area (Å²) in [6, 6.07) is 2.99. The number of nitrogens with one attached hydrogen (secondary N) is 1. The van der Waals surface area contributed by atoms with Gasteiger partial charge in [-0.25, -0.2) is 4.98 Å². The number of rotatable bonds is 5. The molecule has 1 heterocycles. The van der Waals surface area contributed by atoms with E-state index < -0.39 is 31.0 Å². The van der Waals surface area contributed by atoms with Crippen molar-refractivity contribution in [1.29, 1.82) is 0 Å². The number of aromatic nitrogens is 2. The van der Waals surface area contributed by atoms with Gasteiger partial charge in [-0.3, -0.25) is 0 Å². The third-order valence-corrected chi connectivity index (χ3v) is 3.80. The normalized spacial score (nSPS) is 17.7. The minimum absolute atomic E-state index is 0.0278. The maximum absolute atomic E-state index is 9.98. The largest absolute Gasteiger partial charge is 0.394 e. The van der Waals surface area contributed by atoms with Gasteiger partial charge in [0.25, 0.3) is 0 Å². The van der Waals surface area contributed by atoms with E-state index in [1.54, 1.807) is 0 Å². The highest BCUT2D eigenvalue weighted by Gasteiger charge is 2.32. The van der Waals surface area contributed by atoms with Crippen LogP contribution in [0.4, 0.5) is 0 Å². The summed E-state index contributed by atoms with van der Waals surface area (Å²) in [6.07, 6.45) is -6.64. The molecule has 0 unspecified atom stereocenters. The van der Waals surface area contributed by atoms with E-state index in [9.17, 15) is 20.4 Å². The van der Waals surface area contributed by atoms with Crippen molar-refractivity contribution in [2.24, 2.45) is 0 Å². The summed E-state index contributed by atoms with van der Waals surface area (Å²) in [4.78, 5) is 6.78. The van der Waals surface area contributed by atoms with E-state index in [0.29, 0.717) is 16.1 Å². The Bertz CT molecular complexity index is 596. The molecule has 9 heteroatoms. The lowest BCUT2D eigenvalue weighted by Gasteiger charge is -2.24. The second-order valence-corrected chi connectivity index (χ2v) is 5.40. The van der Waals surface area contributed by atoms with E-state index in [-0.39, 0.29) is 10.8 Å². The lowest BCUT2D eigenvalue weighted by Crippen LogP contribution is -2.42. The van der Waals surface area contributed by atoms with Crippen LogP contribution in [0.3, 0.4) is 0 Å². The van der Waals surface area contributed by atoms with Crippen LogP contribution in [0, 0.1) is 0 Å². The molecule has 4 atom stereocenters. The summed E-state index contributed by atoms with van der Waals surface area (Å²) in [5.74, 6) is -0.0278. The zero-order valence-electron chi connectivity index (χ0n) is 10.6. The van der Waals surface area contributed by atoms with Crippen molar-refractivity contribution in [3.05, 3.63) is 28.0 Å². The topological polar surface area (TPSA) is 130 Å². The highest BCUT2D eigenvalue weighted by atomic mass is 35.5. The van der Waals surface area contributed by atoms with Gasteiger partial charge in [-0.05, 0) is 12.1 Å². The number of H-pyrrole nitrogens is 1. The zero-order chi connectivity index (χ0) is 15.7. The Hall–Kier alpha value is -0.930. The number of aliphatic hydroxyl groups excluding tert-OH is 5. The molecule has 116 valence electrons. The summed E-state index contributed by atoms with van der Waals surface area (Å²) in [7, 11) is 0. The van der Waals surface area contributed by atoms with E-state index in [1.807, 2.05) is 0 Å². The molecular weight excluding hydrogens is 323 g/mol. The molecule has 21 heavy (non-hydrogen) atoms. The molecule has 0 saturated carbocycles. The van der Waals surface area contributed by atoms with Gasteiger partial charge in [-0.15, -0.1) is 0 Å². The van der Waals surface area contributed by atoms with Crippen LogP contribution >= 0.6 is 23.2 Å². The summed E-state index contributed by atoms with van der Waals surface area (Å²) in [5.41, 5.74) is 0.908. The molecule has 1 aromatic heterocycles. The van der Waals surface area contributed by atoms with Crippen LogP contribution in [0.15, 0.2) is 12.1 Å². The van der Waals surface area contributed by atoms with Crippen molar-refractivity contribution in [3.8, 4) is 0 Å². The van der Waals surface area contributed by atoms with Crippen molar-refractivity contribution < 1.29 is 25.5 Å². The molecule has 0 spiro atoms. The van der Waals surface area contributed by atoms with Gasteiger partial charge >= 0.3 is 0 Å². The first-order chi connectivity index (χ1) is 9.85. The lowest BCUT2D eigenvalue weighted by molar-refractivity contribution is -0.117. The Labute approximate surface area is 129 Å². The van der Waals surface area contributed by atoms with Gasteiger partial charge in [0.15, 0.2) is 0 Å². The van der Waals surface area contributed by atoms with E-state index in [2.05, 4.69) is 9.97 Å². The molecule has 1 aromatic carbocycles. The van der Waals surface area contributed by atoms with Gasteiger partial charge in [0, 0.05) is 0 Å². The predicted molar refractivity (Wildman–Crippen MR) is 76.2 cm³/mol. The number of nitrogens with zero attached hydrogens (tertiary/aromatic N) is 1. The Balaban J connectivity index is 2.28. The fourth-order valence-electron chi connectivity index (χ4n) is 1.85. The van der Waals surface area contributed by atoms with Crippen LogP contribution in [-0.4, -0.2) is 60.4 Å². The summed E-state index contributed by atoms with van der Waals surface area (Å²) >= 11 is 11.7. The molecule has 0 bridgehead atoms. The van der Waals surface area contributed by atoms with E-state index in [1.165, 1.54) is 12.1 Å². The summed E-state index contributed by atoms with van der Waals surface area (Å²) in [6.45, 7) is -0.754. The molecule has 0 amide bonds. The van der Waals surface area contributed by atoms with Gasteiger partial charge in [-0.2, -0.15) is 0 Å². The van der Waals surface area contributed by atoms with Crippen molar-refractivity contribution in [2.75, 3.05) is 6.61 Å².